The Morgan fingerprint density at radius 2 is 2.04 bits per heavy atom. The number of aryl methyl sites for hydroxylation is 1. The van der Waals surface area contributed by atoms with Gasteiger partial charge in [-0.15, -0.1) is 11.3 Å². The number of likely N-dealkylation sites (tertiary alicyclic amines) is 1. The first-order valence-corrected chi connectivity index (χ1v) is 9.60. The molecule has 0 radical (unpaired) electrons. The molecule has 0 bridgehead atoms. The van der Waals surface area contributed by atoms with Gasteiger partial charge < -0.3 is 9.47 Å². The number of piperidine rings is 1. The smallest absolute Gasteiger partial charge is 0.322 e. The van der Waals surface area contributed by atoms with Crippen LogP contribution < -0.4 is 5.32 Å². The van der Waals surface area contributed by atoms with Gasteiger partial charge in [-0.3, -0.25) is 5.32 Å². The summed E-state index contributed by atoms with van der Waals surface area (Å²) in [5, 5.41) is 5.86. The molecule has 0 atom stereocenters. The van der Waals surface area contributed by atoms with Crippen LogP contribution in [0.25, 0.3) is 11.0 Å². The van der Waals surface area contributed by atoms with Crippen LogP contribution in [0.1, 0.15) is 18.7 Å². The Morgan fingerprint density at radius 3 is 2.80 bits per heavy atom. The maximum atomic E-state index is 12.3. The summed E-state index contributed by atoms with van der Waals surface area (Å²) in [4.78, 5) is 18.9. The Hall–Kier alpha value is -2.34. The van der Waals surface area contributed by atoms with Crippen LogP contribution in [-0.4, -0.2) is 33.6 Å². The van der Waals surface area contributed by atoms with Gasteiger partial charge in [-0.05, 0) is 55.3 Å². The molecule has 0 aliphatic carbocycles. The van der Waals surface area contributed by atoms with Crippen LogP contribution in [0, 0.1) is 12.8 Å². The highest BCUT2D eigenvalue weighted by atomic mass is 32.1. The van der Waals surface area contributed by atoms with Crippen LogP contribution in [0.3, 0.4) is 0 Å². The van der Waals surface area contributed by atoms with E-state index in [-0.39, 0.29) is 6.03 Å². The third kappa shape index (κ3) is 3.39. The molecular formula is C19H22N4OS. The number of hydrogen-bond acceptors (Lipinski definition) is 3. The molecule has 3 heterocycles. The number of rotatable bonds is 3. The van der Waals surface area contributed by atoms with Crippen LogP contribution in [0.2, 0.25) is 0 Å². The molecular weight excluding hydrogens is 332 g/mol. The lowest BCUT2D eigenvalue weighted by atomic mass is 9.97. The third-order valence-electron chi connectivity index (χ3n) is 4.94. The molecule has 1 saturated heterocycles. The summed E-state index contributed by atoms with van der Waals surface area (Å²) in [5.74, 6) is 1.65. The molecule has 5 nitrogen and oxygen atoms in total. The number of urea groups is 1. The standard InChI is InChI=1S/C19H22N4OS/c1-14-20-16-5-2-3-6-17(16)23(14)13-15-8-10-22(11-9-15)19(24)21-18-7-4-12-25-18/h2-7,12,15H,8-11,13H2,1H3,(H,21,24). The average Bonchev–Trinajstić information content (AvgIpc) is 3.24. The van der Waals surface area contributed by atoms with Crippen molar-refractivity contribution in [3.8, 4) is 0 Å². The summed E-state index contributed by atoms with van der Waals surface area (Å²) in [6.07, 6.45) is 2.06. The average molecular weight is 354 g/mol. The second-order valence-electron chi connectivity index (χ2n) is 6.60. The molecule has 1 aliphatic rings. The number of anilines is 1. The number of carbonyl (C=O) groups is 1. The van der Waals surface area contributed by atoms with E-state index in [2.05, 4.69) is 40.0 Å². The van der Waals surface area contributed by atoms with E-state index in [1.165, 1.54) is 5.52 Å². The largest absolute Gasteiger partial charge is 0.328 e. The Bertz CT molecular complexity index is 863. The first-order chi connectivity index (χ1) is 12.2. The summed E-state index contributed by atoms with van der Waals surface area (Å²) in [6, 6.07) is 12.2. The van der Waals surface area contributed by atoms with Gasteiger partial charge >= 0.3 is 6.03 Å². The number of benzene rings is 1. The van der Waals surface area contributed by atoms with Crippen molar-refractivity contribution in [1.29, 1.82) is 0 Å². The highest BCUT2D eigenvalue weighted by molar-refractivity contribution is 7.14. The Kier molecular flexibility index (Phi) is 4.44. The van der Waals surface area contributed by atoms with Gasteiger partial charge in [0.25, 0.3) is 0 Å². The highest BCUT2D eigenvalue weighted by Crippen LogP contribution is 2.24. The van der Waals surface area contributed by atoms with Crippen molar-refractivity contribution >= 4 is 33.4 Å². The minimum atomic E-state index is 0.0187. The molecule has 0 saturated carbocycles. The summed E-state index contributed by atoms with van der Waals surface area (Å²) in [6.45, 7) is 4.68. The molecule has 1 fully saturated rings. The van der Waals surface area contributed by atoms with Crippen molar-refractivity contribution in [2.75, 3.05) is 18.4 Å². The number of carbonyl (C=O) groups excluding carboxylic acids is 1. The number of fused-ring (bicyclic) bond motifs is 1. The van der Waals surface area contributed by atoms with E-state index in [0.717, 1.165) is 48.8 Å². The van der Waals surface area contributed by atoms with E-state index in [0.29, 0.717) is 5.92 Å². The molecule has 1 aliphatic heterocycles. The van der Waals surface area contributed by atoms with Crippen molar-refractivity contribution in [3.63, 3.8) is 0 Å². The molecule has 6 heteroatoms. The fraction of sp³-hybridized carbons (Fsp3) is 0.368. The van der Waals surface area contributed by atoms with Crippen molar-refractivity contribution in [3.05, 3.63) is 47.6 Å². The summed E-state index contributed by atoms with van der Waals surface area (Å²) < 4.78 is 2.32. The van der Waals surface area contributed by atoms with Gasteiger partial charge in [0, 0.05) is 19.6 Å². The quantitative estimate of drug-likeness (QED) is 0.760. The summed E-state index contributed by atoms with van der Waals surface area (Å²) in [5.41, 5.74) is 2.27. The molecule has 25 heavy (non-hydrogen) atoms. The van der Waals surface area contributed by atoms with Crippen molar-refractivity contribution in [1.82, 2.24) is 14.5 Å². The van der Waals surface area contributed by atoms with Crippen molar-refractivity contribution < 1.29 is 4.79 Å². The minimum absolute atomic E-state index is 0.0187. The number of thiophene rings is 1. The van der Waals surface area contributed by atoms with E-state index in [4.69, 9.17) is 0 Å². The van der Waals surface area contributed by atoms with Gasteiger partial charge in [0.1, 0.15) is 5.82 Å². The van der Waals surface area contributed by atoms with Crippen molar-refractivity contribution in [2.24, 2.45) is 5.92 Å². The number of nitrogens with zero attached hydrogens (tertiary/aromatic N) is 3. The number of para-hydroxylation sites is 2. The number of aromatic nitrogens is 2. The molecule has 130 valence electrons. The number of amides is 2. The fourth-order valence-corrected chi connectivity index (χ4v) is 4.14. The Morgan fingerprint density at radius 1 is 1.24 bits per heavy atom. The lowest BCUT2D eigenvalue weighted by molar-refractivity contribution is 0.177. The first kappa shape index (κ1) is 16.1. The third-order valence-corrected chi connectivity index (χ3v) is 5.72. The van der Waals surface area contributed by atoms with Crippen LogP contribution >= 0.6 is 11.3 Å². The Labute approximate surface area is 151 Å². The second kappa shape index (κ2) is 6.88. The molecule has 2 amide bonds. The zero-order valence-corrected chi connectivity index (χ0v) is 15.1. The van der Waals surface area contributed by atoms with Crippen LogP contribution in [-0.2, 0) is 6.54 Å². The van der Waals surface area contributed by atoms with Gasteiger partial charge in [-0.2, -0.15) is 0 Å². The van der Waals surface area contributed by atoms with Crippen molar-refractivity contribution in [2.45, 2.75) is 26.3 Å². The van der Waals surface area contributed by atoms with Crippen LogP contribution in [0.15, 0.2) is 41.8 Å². The van der Waals surface area contributed by atoms with Gasteiger partial charge in [-0.25, -0.2) is 9.78 Å². The first-order valence-electron chi connectivity index (χ1n) is 8.72. The number of hydrogen-bond donors (Lipinski definition) is 1. The van der Waals surface area contributed by atoms with E-state index in [1.807, 2.05) is 28.5 Å². The lowest BCUT2D eigenvalue weighted by Gasteiger charge is -2.32. The zero-order valence-electron chi connectivity index (χ0n) is 14.3. The molecule has 3 aromatic rings. The van der Waals surface area contributed by atoms with Gasteiger partial charge in [0.05, 0.1) is 16.0 Å². The van der Waals surface area contributed by atoms with Crippen LogP contribution in [0.5, 0.6) is 0 Å². The maximum absolute atomic E-state index is 12.3. The lowest BCUT2D eigenvalue weighted by Crippen LogP contribution is -2.41. The summed E-state index contributed by atoms with van der Waals surface area (Å²) in [7, 11) is 0. The predicted octanol–water partition coefficient (Wildman–Crippen LogP) is 4.35. The number of nitrogens with one attached hydrogen (secondary N) is 1. The molecule has 1 N–H and O–H groups in total. The van der Waals surface area contributed by atoms with Crippen LogP contribution in [0.4, 0.5) is 9.80 Å². The van der Waals surface area contributed by atoms with E-state index in [9.17, 15) is 4.79 Å². The van der Waals surface area contributed by atoms with E-state index < -0.39 is 0 Å². The Balaban J connectivity index is 1.37. The fourth-order valence-electron chi connectivity index (χ4n) is 3.54. The molecule has 1 aromatic carbocycles. The minimum Gasteiger partial charge on any atom is -0.328 e. The van der Waals surface area contributed by atoms with E-state index >= 15 is 0 Å². The number of imidazole rings is 1. The monoisotopic (exact) mass is 354 g/mol. The predicted molar refractivity (Wildman–Crippen MR) is 102 cm³/mol. The van der Waals surface area contributed by atoms with Gasteiger partial charge in [0.2, 0.25) is 0 Å². The maximum Gasteiger partial charge on any atom is 0.322 e. The second-order valence-corrected chi connectivity index (χ2v) is 7.54. The van der Waals surface area contributed by atoms with Gasteiger partial charge in [0.15, 0.2) is 0 Å². The summed E-state index contributed by atoms with van der Waals surface area (Å²) >= 11 is 1.55. The highest BCUT2D eigenvalue weighted by Gasteiger charge is 2.24. The molecule has 0 unspecified atom stereocenters. The SMILES string of the molecule is Cc1nc2ccccc2n1CC1CCN(C(=O)Nc2cccs2)CC1. The molecule has 2 aromatic heterocycles. The van der Waals surface area contributed by atoms with Gasteiger partial charge in [-0.1, -0.05) is 12.1 Å². The topological polar surface area (TPSA) is 50.2 Å². The molecule has 0 spiro atoms. The zero-order chi connectivity index (χ0) is 17.2. The van der Waals surface area contributed by atoms with E-state index in [1.54, 1.807) is 11.3 Å². The normalized spacial score (nSPS) is 15.6. The molecule has 4 rings (SSSR count).